The van der Waals surface area contributed by atoms with Crippen LogP contribution in [0.4, 0.5) is 0 Å². The molecule has 1 saturated carbocycles. The molecule has 21 heavy (non-hydrogen) atoms. The minimum Gasteiger partial charge on any atom is -0.357 e. The lowest BCUT2D eigenvalue weighted by Crippen LogP contribution is -2.47. The van der Waals surface area contributed by atoms with E-state index >= 15 is 0 Å². The fourth-order valence-electron chi connectivity index (χ4n) is 3.22. The van der Waals surface area contributed by atoms with Gasteiger partial charge in [0.2, 0.25) is 0 Å². The number of guanidine groups is 1. The highest BCUT2D eigenvalue weighted by atomic mass is 15.3. The Kier molecular flexibility index (Phi) is 7.30. The van der Waals surface area contributed by atoms with Crippen LogP contribution in [0.15, 0.2) is 4.99 Å². The van der Waals surface area contributed by atoms with Crippen LogP contribution in [-0.2, 0) is 0 Å². The first-order valence-electron chi connectivity index (χ1n) is 8.81. The minimum absolute atomic E-state index is 0.635. The highest BCUT2D eigenvalue weighted by molar-refractivity contribution is 5.80. The van der Waals surface area contributed by atoms with Gasteiger partial charge < -0.3 is 15.5 Å². The summed E-state index contributed by atoms with van der Waals surface area (Å²) in [4.78, 5) is 9.81. The fourth-order valence-corrected chi connectivity index (χ4v) is 3.22. The topological polar surface area (TPSA) is 42.9 Å². The molecule has 2 rings (SSSR count). The number of aliphatic imine (C=N–C) groups is 1. The fraction of sp³-hybridized carbons (Fsp3) is 0.938. The molecule has 2 aliphatic rings. The van der Waals surface area contributed by atoms with Crippen LogP contribution >= 0.6 is 0 Å². The van der Waals surface area contributed by atoms with E-state index in [0.717, 1.165) is 25.6 Å². The molecule has 5 nitrogen and oxygen atoms in total. The van der Waals surface area contributed by atoms with Crippen LogP contribution in [0.1, 0.15) is 39.5 Å². The van der Waals surface area contributed by atoms with Gasteiger partial charge in [0, 0.05) is 45.3 Å². The van der Waals surface area contributed by atoms with Gasteiger partial charge in [-0.1, -0.05) is 19.8 Å². The predicted octanol–water partition coefficient (Wildman–Crippen LogP) is 1.12. The van der Waals surface area contributed by atoms with Crippen LogP contribution in [0.2, 0.25) is 0 Å². The average Bonchev–Trinajstić information content (AvgIpc) is 3.01. The molecule has 0 amide bonds. The highest BCUT2D eigenvalue weighted by Crippen LogP contribution is 2.17. The van der Waals surface area contributed by atoms with Crippen molar-refractivity contribution in [3.63, 3.8) is 0 Å². The molecule has 1 heterocycles. The van der Waals surface area contributed by atoms with Gasteiger partial charge in [0.1, 0.15) is 0 Å². The zero-order valence-electron chi connectivity index (χ0n) is 13.9. The zero-order chi connectivity index (χ0) is 14.9. The lowest BCUT2D eigenvalue weighted by Gasteiger charge is -2.33. The Morgan fingerprint density at radius 3 is 2.33 bits per heavy atom. The molecule has 1 aliphatic carbocycles. The molecule has 2 N–H and O–H groups in total. The van der Waals surface area contributed by atoms with Crippen LogP contribution in [0.3, 0.4) is 0 Å². The molecule has 0 aromatic carbocycles. The largest absolute Gasteiger partial charge is 0.357 e. The Morgan fingerprint density at radius 1 is 1.05 bits per heavy atom. The zero-order valence-corrected chi connectivity index (χ0v) is 13.9. The molecule has 2 fully saturated rings. The van der Waals surface area contributed by atoms with Gasteiger partial charge in [-0.15, -0.1) is 0 Å². The number of likely N-dealkylation sites (N-methyl/N-ethyl adjacent to an activating group) is 1. The molecule has 0 radical (unpaired) electrons. The Balaban J connectivity index is 1.69. The number of hydrogen-bond acceptors (Lipinski definition) is 3. The standard InChI is InChI=1S/C16H33N5/c1-3-17-16(19-15-7-5-6-8-15)18-9-10-21-13-11-20(4-2)12-14-21/h15H,3-14H2,1-2H3,(H2,17,18,19). The summed E-state index contributed by atoms with van der Waals surface area (Å²) in [5, 5.41) is 6.96. The second-order valence-electron chi connectivity index (χ2n) is 6.16. The molecule has 0 aromatic rings. The second kappa shape index (κ2) is 9.26. The molecule has 1 aliphatic heterocycles. The van der Waals surface area contributed by atoms with Crippen LogP contribution in [0.25, 0.3) is 0 Å². The van der Waals surface area contributed by atoms with Crippen molar-refractivity contribution >= 4 is 5.96 Å². The maximum atomic E-state index is 4.75. The third-order valence-electron chi connectivity index (χ3n) is 4.64. The van der Waals surface area contributed by atoms with E-state index in [-0.39, 0.29) is 0 Å². The third-order valence-corrected chi connectivity index (χ3v) is 4.64. The molecular formula is C16H33N5. The summed E-state index contributed by atoms with van der Waals surface area (Å²) in [6.45, 7) is 13.3. The van der Waals surface area contributed by atoms with Gasteiger partial charge in [0.15, 0.2) is 5.96 Å². The van der Waals surface area contributed by atoms with Crippen molar-refractivity contribution in [3.05, 3.63) is 0 Å². The van der Waals surface area contributed by atoms with Crippen LogP contribution in [-0.4, -0.2) is 74.2 Å². The van der Waals surface area contributed by atoms with E-state index in [4.69, 9.17) is 4.99 Å². The lowest BCUT2D eigenvalue weighted by atomic mass is 10.2. The van der Waals surface area contributed by atoms with Gasteiger partial charge in [-0.2, -0.15) is 0 Å². The maximum Gasteiger partial charge on any atom is 0.191 e. The van der Waals surface area contributed by atoms with Gasteiger partial charge >= 0.3 is 0 Å². The van der Waals surface area contributed by atoms with E-state index < -0.39 is 0 Å². The first-order valence-corrected chi connectivity index (χ1v) is 8.81. The van der Waals surface area contributed by atoms with Gasteiger partial charge in [-0.3, -0.25) is 9.89 Å². The van der Waals surface area contributed by atoms with E-state index in [1.807, 2.05) is 0 Å². The Bertz CT molecular complexity index is 304. The molecule has 0 spiro atoms. The van der Waals surface area contributed by atoms with Gasteiger partial charge in [-0.25, -0.2) is 0 Å². The van der Waals surface area contributed by atoms with Crippen molar-refractivity contribution in [1.29, 1.82) is 0 Å². The number of piperazine rings is 1. The van der Waals surface area contributed by atoms with Gasteiger partial charge in [-0.05, 0) is 26.3 Å². The van der Waals surface area contributed by atoms with Gasteiger partial charge in [0.25, 0.3) is 0 Å². The maximum absolute atomic E-state index is 4.75. The second-order valence-corrected chi connectivity index (χ2v) is 6.16. The van der Waals surface area contributed by atoms with Crippen LogP contribution in [0, 0.1) is 0 Å². The van der Waals surface area contributed by atoms with E-state index in [1.54, 1.807) is 0 Å². The van der Waals surface area contributed by atoms with E-state index in [2.05, 4.69) is 34.3 Å². The molecule has 1 saturated heterocycles. The third kappa shape index (κ3) is 5.83. The predicted molar refractivity (Wildman–Crippen MR) is 89.9 cm³/mol. The van der Waals surface area contributed by atoms with Crippen molar-refractivity contribution in [2.45, 2.75) is 45.6 Å². The first kappa shape index (κ1) is 16.6. The molecular weight excluding hydrogens is 262 g/mol. The lowest BCUT2D eigenvalue weighted by molar-refractivity contribution is 0.140. The summed E-state index contributed by atoms with van der Waals surface area (Å²) in [6.07, 6.45) is 5.31. The van der Waals surface area contributed by atoms with E-state index in [1.165, 1.54) is 58.4 Å². The SMILES string of the molecule is CCNC(=NCCN1CCN(CC)CC1)NC1CCCC1. The highest BCUT2D eigenvalue weighted by Gasteiger charge is 2.16. The minimum atomic E-state index is 0.635. The molecule has 5 heteroatoms. The summed E-state index contributed by atoms with van der Waals surface area (Å²) in [7, 11) is 0. The molecule has 0 aromatic heterocycles. The summed E-state index contributed by atoms with van der Waals surface area (Å²) in [5.41, 5.74) is 0. The molecule has 122 valence electrons. The van der Waals surface area contributed by atoms with Crippen LogP contribution in [0.5, 0.6) is 0 Å². The average molecular weight is 295 g/mol. The van der Waals surface area contributed by atoms with Crippen molar-refractivity contribution < 1.29 is 0 Å². The molecule has 0 bridgehead atoms. The number of rotatable bonds is 6. The Labute approximate surface area is 130 Å². The first-order chi connectivity index (χ1) is 10.3. The number of nitrogens with one attached hydrogen (secondary N) is 2. The summed E-state index contributed by atoms with van der Waals surface area (Å²) in [6, 6.07) is 0.635. The molecule has 0 unspecified atom stereocenters. The smallest absolute Gasteiger partial charge is 0.191 e. The van der Waals surface area contributed by atoms with E-state index in [0.29, 0.717) is 6.04 Å². The normalized spacial score (nSPS) is 22.7. The van der Waals surface area contributed by atoms with E-state index in [9.17, 15) is 0 Å². The quantitative estimate of drug-likeness (QED) is 0.569. The number of nitrogens with zero attached hydrogens (tertiary/aromatic N) is 3. The van der Waals surface area contributed by atoms with Gasteiger partial charge in [0.05, 0.1) is 6.54 Å². The van der Waals surface area contributed by atoms with Crippen LogP contribution < -0.4 is 10.6 Å². The summed E-state index contributed by atoms with van der Waals surface area (Å²) in [5.74, 6) is 1.01. The van der Waals surface area contributed by atoms with Crippen molar-refractivity contribution in [2.75, 3.05) is 52.4 Å². The summed E-state index contributed by atoms with van der Waals surface area (Å²) < 4.78 is 0. The van der Waals surface area contributed by atoms with Crippen molar-refractivity contribution in [3.8, 4) is 0 Å². The number of hydrogen-bond donors (Lipinski definition) is 2. The Morgan fingerprint density at radius 2 is 1.71 bits per heavy atom. The summed E-state index contributed by atoms with van der Waals surface area (Å²) >= 11 is 0. The molecule has 0 atom stereocenters. The Hall–Kier alpha value is -0.810. The van der Waals surface area contributed by atoms with Crippen molar-refractivity contribution in [2.24, 2.45) is 4.99 Å². The monoisotopic (exact) mass is 295 g/mol. The van der Waals surface area contributed by atoms with Crippen molar-refractivity contribution in [1.82, 2.24) is 20.4 Å².